The van der Waals surface area contributed by atoms with Gasteiger partial charge in [-0.1, -0.05) is 18.2 Å². The number of ether oxygens (including phenoxy) is 1. The van der Waals surface area contributed by atoms with Crippen molar-refractivity contribution in [1.29, 1.82) is 0 Å². The standard InChI is InChI=1S/C20H31N5O/c1-21-19(24-15-20(25(2)3)9-12-26-13-10-20)22-11-8-16-14-23-18-7-5-4-6-17(16)18/h4-7,14,23H,8-13,15H2,1-3H3,(H2,21,22,24). The Morgan fingerprint density at radius 2 is 2.00 bits per heavy atom. The lowest BCUT2D eigenvalue weighted by Gasteiger charge is -2.43. The fraction of sp³-hybridized carbons (Fsp3) is 0.550. The Labute approximate surface area is 156 Å². The average molecular weight is 358 g/mol. The van der Waals surface area contributed by atoms with E-state index in [1.165, 1.54) is 16.5 Å². The van der Waals surface area contributed by atoms with Crippen LogP contribution in [0.15, 0.2) is 35.5 Å². The largest absolute Gasteiger partial charge is 0.381 e. The van der Waals surface area contributed by atoms with Gasteiger partial charge in [-0.2, -0.15) is 0 Å². The van der Waals surface area contributed by atoms with Gasteiger partial charge in [-0.15, -0.1) is 0 Å². The van der Waals surface area contributed by atoms with Gasteiger partial charge in [0.15, 0.2) is 5.96 Å². The molecule has 0 spiro atoms. The lowest BCUT2D eigenvalue weighted by Crippen LogP contribution is -2.57. The zero-order valence-corrected chi connectivity index (χ0v) is 16.1. The predicted octanol–water partition coefficient (Wildman–Crippen LogP) is 1.99. The summed E-state index contributed by atoms with van der Waals surface area (Å²) in [7, 11) is 6.13. The van der Waals surface area contributed by atoms with Crippen LogP contribution in [0.4, 0.5) is 0 Å². The van der Waals surface area contributed by atoms with Crippen molar-refractivity contribution in [2.75, 3.05) is 47.4 Å². The lowest BCUT2D eigenvalue weighted by molar-refractivity contribution is -0.00500. The number of benzene rings is 1. The van der Waals surface area contributed by atoms with Crippen molar-refractivity contribution < 1.29 is 4.74 Å². The molecule has 0 saturated carbocycles. The van der Waals surface area contributed by atoms with Crippen molar-refractivity contribution >= 4 is 16.9 Å². The molecule has 0 unspecified atom stereocenters. The molecular weight excluding hydrogens is 326 g/mol. The molecular formula is C20H31N5O. The molecule has 26 heavy (non-hydrogen) atoms. The fourth-order valence-electron chi connectivity index (χ4n) is 3.66. The Hall–Kier alpha value is -2.05. The Kier molecular flexibility index (Phi) is 6.16. The highest BCUT2D eigenvalue weighted by Gasteiger charge is 2.34. The van der Waals surface area contributed by atoms with E-state index in [1.54, 1.807) is 0 Å². The lowest BCUT2D eigenvalue weighted by atomic mass is 9.88. The van der Waals surface area contributed by atoms with E-state index in [2.05, 4.69) is 70.1 Å². The SMILES string of the molecule is CN=C(NCCc1c[nH]c2ccccc12)NCC1(N(C)C)CCOCC1. The van der Waals surface area contributed by atoms with Crippen LogP contribution in [0.25, 0.3) is 10.9 Å². The van der Waals surface area contributed by atoms with E-state index in [4.69, 9.17) is 4.74 Å². The molecule has 142 valence electrons. The van der Waals surface area contributed by atoms with Crippen LogP contribution in [-0.4, -0.2) is 68.8 Å². The predicted molar refractivity (Wildman–Crippen MR) is 108 cm³/mol. The first-order valence-corrected chi connectivity index (χ1v) is 9.39. The minimum atomic E-state index is 0.132. The van der Waals surface area contributed by atoms with Gasteiger partial charge in [-0.05, 0) is 45.0 Å². The number of nitrogens with zero attached hydrogens (tertiary/aromatic N) is 2. The fourth-order valence-corrected chi connectivity index (χ4v) is 3.66. The molecule has 2 heterocycles. The van der Waals surface area contributed by atoms with E-state index in [1.807, 2.05) is 7.05 Å². The van der Waals surface area contributed by atoms with Crippen molar-refractivity contribution in [1.82, 2.24) is 20.5 Å². The van der Waals surface area contributed by atoms with Gasteiger partial charge >= 0.3 is 0 Å². The van der Waals surface area contributed by atoms with Crippen molar-refractivity contribution in [3.05, 3.63) is 36.0 Å². The number of aliphatic imine (C=N–C) groups is 1. The number of hydrogen-bond acceptors (Lipinski definition) is 3. The monoisotopic (exact) mass is 357 g/mol. The second-order valence-corrected chi connectivity index (χ2v) is 7.19. The summed E-state index contributed by atoms with van der Waals surface area (Å²) in [6.45, 7) is 3.37. The summed E-state index contributed by atoms with van der Waals surface area (Å²) in [5.41, 5.74) is 2.65. The number of para-hydroxylation sites is 1. The van der Waals surface area contributed by atoms with Gasteiger partial charge in [-0.25, -0.2) is 0 Å². The van der Waals surface area contributed by atoms with Crippen LogP contribution in [0.2, 0.25) is 0 Å². The second kappa shape index (κ2) is 8.56. The van der Waals surface area contributed by atoms with Crippen LogP contribution >= 0.6 is 0 Å². The van der Waals surface area contributed by atoms with Crippen LogP contribution in [0.5, 0.6) is 0 Å². The number of guanidine groups is 1. The maximum Gasteiger partial charge on any atom is 0.191 e. The summed E-state index contributed by atoms with van der Waals surface area (Å²) < 4.78 is 5.55. The number of likely N-dealkylation sites (N-methyl/N-ethyl adjacent to an activating group) is 1. The van der Waals surface area contributed by atoms with Crippen LogP contribution in [0, 0.1) is 0 Å². The normalized spacial score (nSPS) is 17.6. The first-order valence-electron chi connectivity index (χ1n) is 9.39. The van der Waals surface area contributed by atoms with Gasteiger partial charge in [0.2, 0.25) is 0 Å². The molecule has 1 saturated heterocycles. The molecule has 1 aromatic carbocycles. The molecule has 1 aromatic heterocycles. The molecule has 6 heteroatoms. The summed E-state index contributed by atoms with van der Waals surface area (Å²) in [5, 5.41) is 8.25. The topological polar surface area (TPSA) is 64.7 Å². The van der Waals surface area contributed by atoms with Crippen molar-refractivity contribution in [2.24, 2.45) is 4.99 Å². The summed E-state index contributed by atoms with van der Waals surface area (Å²) in [4.78, 5) is 10.0. The minimum absolute atomic E-state index is 0.132. The van der Waals surface area contributed by atoms with E-state index >= 15 is 0 Å². The Morgan fingerprint density at radius 1 is 1.23 bits per heavy atom. The highest BCUT2D eigenvalue weighted by atomic mass is 16.5. The maximum atomic E-state index is 5.55. The molecule has 0 amide bonds. The van der Waals surface area contributed by atoms with Crippen LogP contribution < -0.4 is 10.6 Å². The van der Waals surface area contributed by atoms with Crippen LogP contribution in [0.1, 0.15) is 18.4 Å². The Balaban J connectivity index is 1.52. The van der Waals surface area contributed by atoms with E-state index in [-0.39, 0.29) is 5.54 Å². The minimum Gasteiger partial charge on any atom is -0.381 e. The highest BCUT2D eigenvalue weighted by molar-refractivity contribution is 5.83. The van der Waals surface area contributed by atoms with Gasteiger partial charge in [0.05, 0.1) is 0 Å². The zero-order chi connectivity index (χ0) is 18.4. The molecule has 0 atom stereocenters. The van der Waals surface area contributed by atoms with Crippen molar-refractivity contribution in [3.63, 3.8) is 0 Å². The van der Waals surface area contributed by atoms with E-state index in [0.717, 1.165) is 51.5 Å². The number of aromatic nitrogens is 1. The molecule has 1 aliphatic heterocycles. The number of rotatable bonds is 6. The molecule has 2 aromatic rings. The molecule has 3 rings (SSSR count). The third kappa shape index (κ3) is 4.19. The van der Waals surface area contributed by atoms with E-state index in [0.29, 0.717) is 0 Å². The van der Waals surface area contributed by atoms with Gasteiger partial charge in [0.1, 0.15) is 0 Å². The van der Waals surface area contributed by atoms with Gasteiger partial charge < -0.3 is 25.3 Å². The Bertz CT molecular complexity index is 731. The average Bonchev–Trinajstić information content (AvgIpc) is 3.08. The summed E-state index contributed by atoms with van der Waals surface area (Å²) >= 11 is 0. The van der Waals surface area contributed by atoms with E-state index < -0.39 is 0 Å². The first kappa shape index (κ1) is 18.7. The summed E-state index contributed by atoms with van der Waals surface area (Å²) in [5.74, 6) is 0.859. The van der Waals surface area contributed by atoms with Gasteiger partial charge in [0.25, 0.3) is 0 Å². The highest BCUT2D eigenvalue weighted by Crippen LogP contribution is 2.25. The summed E-state index contributed by atoms with van der Waals surface area (Å²) in [6.07, 6.45) is 5.14. The van der Waals surface area contributed by atoms with Gasteiger partial charge in [0, 0.05) is 56.0 Å². The number of aromatic amines is 1. The summed E-state index contributed by atoms with van der Waals surface area (Å²) in [6, 6.07) is 8.42. The molecule has 0 aliphatic carbocycles. The quantitative estimate of drug-likeness (QED) is 0.546. The van der Waals surface area contributed by atoms with Crippen molar-refractivity contribution in [3.8, 4) is 0 Å². The van der Waals surface area contributed by atoms with Gasteiger partial charge in [-0.3, -0.25) is 4.99 Å². The van der Waals surface area contributed by atoms with Crippen LogP contribution in [0.3, 0.4) is 0 Å². The second-order valence-electron chi connectivity index (χ2n) is 7.19. The number of hydrogen-bond donors (Lipinski definition) is 3. The molecule has 1 fully saturated rings. The molecule has 0 radical (unpaired) electrons. The van der Waals surface area contributed by atoms with Crippen molar-refractivity contribution in [2.45, 2.75) is 24.8 Å². The van der Waals surface area contributed by atoms with E-state index in [9.17, 15) is 0 Å². The molecule has 0 bridgehead atoms. The number of nitrogens with one attached hydrogen (secondary N) is 3. The molecule has 1 aliphatic rings. The molecule has 6 nitrogen and oxygen atoms in total. The molecule has 3 N–H and O–H groups in total. The third-order valence-corrected chi connectivity index (χ3v) is 5.54. The smallest absolute Gasteiger partial charge is 0.191 e. The maximum absolute atomic E-state index is 5.55. The number of H-pyrrole nitrogens is 1. The Morgan fingerprint density at radius 3 is 2.73 bits per heavy atom. The zero-order valence-electron chi connectivity index (χ0n) is 16.1. The first-order chi connectivity index (χ1) is 12.6. The van der Waals surface area contributed by atoms with Crippen LogP contribution in [-0.2, 0) is 11.2 Å². The number of fused-ring (bicyclic) bond motifs is 1. The third-order valence-electron chi connectivity index (χ3n) is 5.54.